The predicted octanol–water partition coefficient (Wildman–Crippen LogP) is 4.11. The molecule has 4 nitrogen and oxygen atoms in total. The number of hydrogen-bond donors (Lipinski definition) is 0. The number of aromatic nitrogens is 3. The lowest BCUT2D eigenvalue weighted by molar-refractivity contribution is 0.767. The molecule has 1 heterocycles. The standard InChI is InChI=1S/C16H13ClN4S/c17-15-8-6-14(7-9-15)11-22-16-20-18-12-21(16)19-10-13-4-2-1-3-5-13/h1-10,12H,11H2/b19-10-. The molecule has 3 rings (SSSR count). The molecule has 0 amide bonds. The summed E-state index contributed by atoms with van der Waals surface area (Å²) in [5.41, 5.74) is 2.21. The van der Waals surface area contributed by atoms with Crippen LogP contribution in [0.25, 0.3) is 0 Å². The van der Waals surface area contributed by atoms with Crippen molar-refractivity contribution in [1.82, 2.24) is 14.9 Å². The Kier molecular flexibility index (Phi) is 4.88. The van der Waals surface area contributed by atoms with Crippen LogP contribution in [0.1, 0.15) is 11.1 Å². The second-order valence-corrected chi connectivity index (χ2v) is 5.91. The summed E-state index contributed by atoms with van der Waals surface area (Å²) in [6.45, 7) is 0. The first-order valence-electron chi connectivity index (χ1n) is 6.68. The Labute approximate surface area is 137 Å². The maximum Gasteiger partial charge on any atom is 0.212 e. The first-order chi connectivity index (χ1) is 10.8. The molecule has 0 N–H and O–H groups in total. The molecule has 0 bridgehead atoms. The van der Waals surface area contributed by atoms with Gasteiger partial charge in [-0.3, -0.25) is 0 Å². The first kappa shape index (κ1) is 14.8. The third kappa shape index (κ3) is 3.96. The summed E-state index contributed by atoms with van der Waals surface area (Å²) in [6.07, 6.45) is 3.39. The van der Waals surface area contributed by atoms with Gasteiger partial charge in [0.15, 0.2) is 0 Å². The van der Waals surface area contributed by atoms with Gasteiger partial charge in [-0.2, -0.15) is 9.78 Å². The molecule has 0 fully saturated rings. The Morgan fingerprint density at radius 1 is 1.09 bits per heavy atom. The van der Waals surface area contributed by atoms with Gasteiger partial charge in [0, 0.05) is 10.8 Å². The van der Waals surface area contributed by atoms with Gasteiger partial charge in [-0.15, -0.1) is 10.2 Å². The zero-order valence-corrected chi connectivity index (χ0v) is 13.2. The molecule has 0 radical (unpaired) electrons. The maximum absolute atomic E-state index is 5.88. The number of thioether (sulfide) groups is 1. The van der Waals surface area contributed by atoms with E-state index >= 15 is 0 Å². The quantitative estimate of drug-likeness (QED) is 0.523. The second-order valence-electron chi connectivity index (χ2n) is 4.53. The molecule has 110 valence electrons. The lowest BCUT2D eigenvalue weighted by atomic mass is 10.2. The van der Waals surface area contributed by atoms with Crippen molar-refractivity contribution in [3.63, 3.8) is 0 Å². The van der Waals surface area contributed by atoms with Crippen LogP contribution in [0.2, 0.25) is 5.02 Å². The van der Waals surface area contributed by atoms with Gasteiger partial charge in [0.1, 0.15) is 6.33 Å². The van der Waals surface area contributed by atoms with Crippen molar-refractivity contribution in [1.29, 1.82) is 0 Å². The fourth-order valence-electron chi connectivity index (χ4n) is 1.79. The molecule has 0 aliphatic rings. The average Bonchev–Trinajstić information content (AvgIpc) is 3.01. The fourth-order valence-corrected chi connectivity index (χ4v) is 2.74. The smallest absolute Gasteiger partial charge is 0.195 e. The molecule has 0 aliphatic heterocycles. The van der Waals surface area contributed by atoms with Gasteiger partial charge in [-0.05, 0) is 23.3 Å². The summed E-state index contributed by atoms with van der Waals surface area (Å²) >= 11 is 7.46. The van der Waals surface area contributed by atoms with E-state index in [1.165, 1.54) is 5.56 Å². The summed E-state index contributed by atoms with van der Waals surface area (Å²) in [5.74, 6) is 0.788. The molecule has 22 heavy (non-hydrogen) atoms. The molecule has 6 heteroatoms. The molecule has 0 aliphatic carbocycles. The van der Waals surface area contributed by atoms with Crippen molar-refractivity contribution in [3.8, 4) is 0 Å². The first-order valence-corrected chi connectivity index (χ1v) is 8.04. The Hall–Kier alpha value is -2.11. The summed E-state index contributed by atoms with van der Waals surface area (Å²) in [7, 11) is 0. The van der Waals surface area contributed by atoms with Gasteiger partial charge >= 0.3 is 0 Å². The molecule has 0 saturated carbocycles. The number of nitrogens with zero attached hydrogens (tertiary/aromatic N) is 4. The Balaban J connectivity index is 1.67. The highest BCUT2D eigenvalue weighted by atomic mass is 35.5. The van der Waals surface area contributed by atoms with Crippen molar-refractivity contribution < 1.29 is 0 Å². The molecule has 3 aromatic rings. The van der Waals surface area contributed by atoms with Gasteiger partial charge in [0.25, 0.3) is 0 Å². The van der Waals surface area contributed by atoms with Gasteiger partial charge in [-0.1, -0.05) is 65.8 Å². The maximum atomic E-state index is 5.88. The van der Waals surface area contributed by atoms with Crippen molar-refractivity contribution in [2.24, 2.45) is 5.10 Å². The Bertz CT molecular complexity index is 753. The third-order valence-corrected chi connectivity index (χ3v) is 4.17. The summed E-state index contributed by atoms with van der Waals surface area (Å²) < 4.78 is 1.67. The minimum Gasteiger partial charge on any atom is -0.195 e. The highest BCUT2D eigenvalue weighted by molar-refractivity contribution is 7.98. The topological polar surface area (TPSA) is 43.1 Å². The number of halogens is 1. The van der Waals surface area contributed by atoms with Crippen LogP contribution in [0.4, 0.5) is 0 Å². The van der Waals surface area contributed by atoms with Crippen molar-refractivity contribution in [2.75, 3.05) is 0 Å². The molecule has 2 aromatic carbocycles. The van der Waals surface area contributed by atoms with Gasteiger partial charge in [-0.25, -0.2) is 0 Å². The van der Waals surface area contributed by atoms with Crippen LogP contribution in [-0.4, -0.2) is 21.1 Å². The zero-order chi connectivity index (χ0) is 15.2. The van der Waals surface area contributed by atoms with Crippen LogP contribution in [-0.2, 0) is 5.75 Å². The van der Waals surface area contributed by atoms with Gasteiger partial charge in [0.05, 0.1) is 6.21 Å². The number of hydrogen-bond acceptors (Lipinski definition) is 4. The van der Waals surface area contributed by atoms with Crippen LogP contribution >= 0.6 is 23.4 Å². The number of benzene rings is 2. The van der Waals surface area contributed by atoms with Crippen molar-refractivity contribution >= 4 is 29.6 Å². The second kappa shape index (κ2) is 7.24. The molecule has 0 unspecified atom stereocenters. The molecular weight excluding hydrogens is 316 g/mol. The number of rotatable bonds is 5. The van der Waals surface area contributed by atoms with E-state index in [-0.39, 0.29) is 0 Å². The highest BCUT2D eigenvalue weighted by Gasteiger charge is 2.04. The van der Waals surface area contributed by atoms with Crippen molar-refractivity contribution in [2.45, 2.75) is 10.9 Å². The van der Waals surface area contributed by atoms with E-state index in [1.54, 1.807) is 29.0 Å². The van der Waals surface area contributed by atoms with E-state index in [9.17, 15) is 0 Å². The Morgan fingerprint density at radius 2 is 1.86 bits per heavy atom. The normalized spacial score (nSPS) is 11.1. The highest BCUT2D eigenvalue weighted by Crippen LogP contribution is 2.21. The van der Waals surface area contributed by atoms with E-state index in [2.05, 4.69) is 15.3 Å². The van der Waals surface area contributed by atoms with E-state index in [1.807, 2.05) is 54.6 Å². The summed E-state index contributed by atoms with van der Waals surface area (Å²) in [5, 5.41) is 13.9. The van der Waals surface area contributed by atoms with Gasteiger partial charge < -0.3 is 0 Å². The fraction of sp³-hybridized carbons (Fsp3) is 0.0625. The molecule has 0 spiro atoms. The van der Waals surface area contributed by atoms with E-state index in [0.29, 0.717) is 0 Å². The predicted molar refractivity (Wildman–Crippen MR) is 90.5 cm³/mol. The van der Waals surface area contributed by atoms with Crippen LogP contribution < -0.4 is 0 Å². The Morgan fingerprint density at radius 3 is 2.64 bits per heavy atom. The van der Waals surface area contributed by atoms with Crippen molar-refractivity contribution in [3.05, 3.63) is 77.1 Å². The van der Waals surface area contributed by atoms with E-state index < -0.39 is 0 Å². The molecule has 0 saturated heterocycles. The SMILES string of the molecule is Clc1ccc(CSc2nncn2/N=C\c2ccccc2)cc1. The minimum absolute atomic E-state index is 0.740. The monoisotopic (exact) mass is 328 g/mol. The zero-order valence-electron chi connectivity index (χ0n) is 11.6. The molecule has 1 aromatic heterocycles. The van der Waals surface area contributed by atoms with Crippen LogP contribution in [0.5, 0.6) is 0 Å². The third-order valence-electron chi connectivity index (χ3n) is 2.91. The van der Waals surface area contributed by atoms with Crippen LogP contribution in [0.3, 0.4) is 0 Å². The van der Waals surface area contributed by atoms with E-state index in [0.717, 1.165) is 21.5 Å². The lowest BCUT2D eigenvalue weighted by Crippen LogP contribution is -1.92. The molecule has 0 atom stereocenters. The molecular formula is C16H13ClN4S. The van der Waals surface area contributed by atoms with E-state index in [4.69, 9.17) is 11.6 Å². The average molecular weight is 329 g/mol. The summed E-state index contributed by atoms with van der Waals surface area (Å²) in [6, 6.07) is 17.7. The van der Waals surface area contributed by atoms with Crippen LogP contribution in [0.15, 0.2) is 71.2 Å². The summed E-state index contributed by atoms with van der Waals surface area (Å²) in [4.78, 5) is 0. The minimum atomic E-state index is 0.740. The lowest BCUT2D eigenvalue weighted by Gasteiger charge is -2.01. The van der Waals surface area contributed by atoms with Gasteiger partial charge in [0.2, 0.25) is 5.16 Å². The largest absolute Gasteiger partial charge is 0.212 e. The van der Waals surface area contributed by atoms with Crippen LogP contribution in [0, 0.1) is 0 Å².